The van der Waals surface area contributed by atoms with Crippen molar-refractivity contribution < 1.29 is 19.4 Å². The molecule has 1 aromatic rings. The number of hydrogen-bond acceptors (Lipinski definition) is 4. The number of halogens is 1. The van der Waals surface area contributed by atoms with Crippen molar-refractivity contribution in [2.24, 2.45) is 0 Å². The average molecular weight is 316 g/mol. The van der Waals surface area contributed by atoms with Crippen LogP contribution in [0.25, 0.3) is 0 Å². The first-order valence-corrected chi connectivity index (χ1v) is 6.98. The number of rotatable bonds is 7. The standard InChI is InChI=1S/C15H22ClNO4/c1-14(2,21-12-7-5-11(16)6-8-12)13(18)17-9-15(3,19)10-20-4/h5-8,19H,9-10H2,1-4H3,(H,17,18). The summed E-state index contributed by atoms with van der Waals surface area (Å²) in [6.45, 7) is 5.10. The van der Waals surface area contributed by atoms with Crippen molar-refractivity contribution in [3.05, 3.63) is 29.3 Å². The van der Waals surface area contributed by atoms with Crippen LogP contribution in [0.15, 0.2) is 24.3 Å². The number of carbonyl (C=O) groups excluding carboxylic acids is 1. The summed E-state index contributed by atoms with van der Waals surface area (Å²) in [6, 6.07) is 6.76. The molecule has 1 unspecified atom stereocenters. The second-order valence-corrected chi connectivity index (χ2v) is 6.12. The molecule has 0 bridgehead atoms. The van der Waals surface area contributed by atoms with Crippen LogP contribution < -0.4 is 10.1 Å². The molecule has 1 aromatic carbocycles. The number of benzene rings is 1. The topological polar surface area (TPSA) is 67.8 Å². The van der Waals surface area contributed by atoms with Gasteiger partial charge in [-0.25, -0.2) is 0 Å². The van der Waals surface area contributed by atoms with Crippen molar-refractivity contribution in [1.29, 1.82) is 0 Å². The molecule has 118 valence electrons. The Bertz CT molecular complexity index is 471. The molecule has 1 amide bonds. The molecule has 0 spiro atoms. The molecule has 0 radical (unpaired) electrons. The SMILES string of the molecule is COCC(C)(O)CNC(=O)C(C)(C)Oc1ccc(Cl)cc1. The Hall–Kier alpha value is -1.30. The summed E-state index contributed by atoms with van der Waals surface area (Å²) in [5.41, 5.74) is -2.20. The van der Waals surface area contributed by atoms with E-state index < -0.39 is 11.2 Å². The predicted octanol–water partition coefficient (Wildman–Crippen LogP) is 2.01. The Morgan fingerprint density at radius 2 is 1.86 bits per heavy atom. The van der Waals surface area contributed by atoms with E-state index in [-0.39, 0.29) is 19.1 Å². The van der Waals surface area contributed by atoms with Gasteiger partial charge in [0.15, 0.2) is 5.60 Å². The van der Waals surface area contributed by atoms with Crippen LogP contribution >= 0.6 is 11.6 Å². The summed E-state index contributed by atoms with van der Waals surface area (Å²) in [5.74, 6) is 0.219. The summed E-state index contributed by atoms with van der Waals surface area (Å²) in [4.78, 5) is 12.2. The number of nitrogens with one attached hydrogen (secondary N) is 1. The lowest BCUT2D eigenvalue weighted by Gasteiger charge is -2.28. The van der Waals surface area contributed by atoms with Gasteiger partial charge in [0.1, 0.15) is 11.4 Å². The van der Waals surface area contributed by atoms with E-state index in [2.05, 4.69) is 5.32 Å². The Morgan fingerprint density at radius 3 is 2.38 bits per heavy atom. The summed E-state index contributed by atoms with van der Waals surface area (Å²) < 4.78 is 10.5. The maximum Gasteiger partial charge on any atom is 0.263 e. The number of carbonyl (C=O) groups is 1. The molecular formula is C15H22ClNO4. The van der Waals surface area contributed by atoms with Crippen LogP contribution in [0.4, 0.5) is 0 Å². The molecule has 21 heavy (non-hydrogen) atoms. The van der Waals surface area contributed by atoms with Crippen LogP contribution in [-0.4, -0.2) is 42.5 Å². The molecule has 0 aliphatic heterocycles. The Labute approximate surface area is 130 Å². The van der Waals surface area contributed by atoms with Crippen molar-refractivity contribution in [2.45, 2.75) is 32.0 Å². The van der Waals surface area contributed by atoms with Crippen molar-refractivity contribution in [1.82, 2.24) is 5.32 Å². The molecule has 0 saturated carbocycles. The first-order chi connectivity index (χ1) is 9.66. The lowest BCUT2D eigenvalue weighted by molar-refractivity contribution is -0.135. The fraction of sp³-hybridized carbons (Fsp3) is 0.533. The number of amides is 1. The number of ether oxygens (including phenoxy) is 2. The highest BCUT2D eigenvalue weighted by molar-refractivity contribution is 6.30. The number of aliphatic hydroxyl groups is 1. The second kappa shape index (κ2) is 7.11. The van der Waals surface area contributed by atoms with Gasteiger partial charge >= 0.3 is 0 Å². The summed E-state index contributed by atoms with van der Waals surface area (Å²) >= 11 is 5.80. The second-order valence-electron chi connectivity index (χ2n) is 5.68. The normalized spacial score (nSPS) is 14.4. The Morgan fingerprint density at radius 1 is 1.29 bits per heavy atom. The molecule has 1 rings (SSSR count). The van der Waals surface area contributed by atoms with Crippen LogP contribution in [0, 0.1) is 0 Å². The lowest BCUT2D eigenvalue weighted by Crippen LogP contribution is -2.52. The van der Waals surface area contributed by atoms with Gasteiger partial charge in [-0.15, -0.1) is 0 Å². The summed E-state index contributed by atoms with van der Waals surface area (Å²) in [5, 5.41) is 13.2. The molecule has 0 aromatic heterocycles. The summed E-state index contributed by atoms with van der Waals surface area (Å²) in [7, 11) is 1.49. The molecule has 5 nitrogen and oxygen atoms in total. The van der Waals surface area contributed by atoms with Crippen LogP contribution in [0.1, 0.15) is 20.8 Å². The van der Waals surface area contributed by atoms with E-state index in [0.29, 0.717) is 10.8 Å². The molecule has 1 atom stereocenters. The van der Waals surface area contributed by atoms with E-state index in [0.717, 1.165) is 0 Å². The van der Waals surface area contributed by atoms with Crippen LogP contribution in [0.5, 0.6) is 5.75 Å². The molecule has 0 aliphatic rings. The predicted molar refractivity (Wildman–Crippen MR) is 81.7 cm³/mol. The highest BCUT2D eigenvalue weighted by Gasteiger charge is 2.31. The first-order valence-electron chi connectivity index (χ1n) is 6.60. The quantitative estimate of drug-likeness (QED) is 0.807. The summed E-state index contributed by atoms with van der Waals surface area (Å²) in [6.07, 6.45) is 0. The van der Waals surface area contributed by atoms with Gasteiger partial charge < -0.3 is 19.9 Å². The lowest BCUT2D eigenvalue weighted by atomic mass is 10.1. The average Bonchev–Trinajstić information content (AvgIpc) is 2.38. The van der Waals surface area contributed by atoms with Gasteiger partial charge in [0.05, 0.1) is 6.61 Å². The first kappa shape index (κ1) is 17.8. The minimum Gasteiger partial charge on any atom is -0.478 e. The van der Waals surface area contributed by atoms with Gasteiger partial charge in [-0.2, -0.15) is 0 Å². The van der Waals surface area contributed by atoms with Crippen molar-refractivity contribution in [3.8, 4) is 5.75 Å². The van der Waals surface area contributed by atoms with Crippen LogP contribution in [-0.2, 0) is 9.53 Å². The maximum atomic E-state index is 12.2. The molecular weight excluding hydrogens is 294 g/mol. The van der Waals surface area contributed by atoms with Crippen molar-refractivity contribution in [3.63, 3.8) is 0 Å². The Balaban J connectivity index is 2.60. The van der Waals surface area contributed by atoms with Crippen molar-refractivity contribution in [2.75, 3.05) is 20.3 Å². The van der Waals surface area contributed by atoms with Gasteiger partial charge in [-0.1, -0.05) is 11.6 Å². The molecule has 0 fully saturated rings. The van der Waals surface area contributed by atoms with Gasteiger partial charge in [-0.3, -0.25) is 4.79 Å². The maximum absolute atomic E-state index is 12.2. The third kappa shape index (κ3) is 5.91. The van der Waals surface area contributed by atoms with E-state index in [1.807, 2.05) is 0 Å². The van der Waals surface area contributed by atoms with E-state index in [1.165, 1.54) is 7.11 Å². The van der Waals surface area contributed by atoms with E-state index in [9.17, 15) is 9.90 Å². The number of methoxy groups -OCH3 is 1. The zero-order valence-corrected chi connectivity index (χ0v) is 13.5. The van der Waals surface area contributed by atoms with Gasteiger partial charge in [0, 0.05) is 18.7 Å². The molecule has 0 saturated heterocycles. The number of hydrogen-bond donors (Lipinski definition) is 2. The van der Waals surface area contributed by atoms with E-state index in [1.54, 1.807) is 45.0 Å². The van der Waals surface area contributed by atoms with Crippen LogP contribution in [0.3, 0.4) is 0 Å². The fourth-order valence-electron chi connectivity index (χ4n) is 1.69. The van der Waals surface area contributed by atoms with Gasteiger partial charge in [0.25, 0.3) is 5.91 Å². The minimum atomic E-state index is -1.12. The van der Waals surface area contributed by atoms with Gasteiger partial charge in [-0.05, 0) is 45.0 Å². The monoisotopic (exact) mass is 315 g/mol. The molecule has 2 N–H and O–H groups in total. The fourth-order valence-corrected chi connectivity index (χ4v) is 1.82. The smallest absolute Gasteiger partial charge is 0.263 e. The minimum absolute atomic E-state index is 0.0765. The van der Waals surface area contributed by atoms with Crippen LogP contribution in [0.2, 0.25) is 5.02 Å². The largest absolute Gasteiger partial charge is 0.478 e. The van der Waals surface area contributed by atoms with Gasteiger partial charge in [0.2, 0.25) is 0 Å². The van der Waals surface area contributed by atoms with Crippen molar-refractivity contribution >= 4 is 17.5 Å². The molecule has 0 heterocycles. The Kier molecular flexibility index (Phi) is 6.01. The third-order valence-electron chi connectivity index (χ3n) is 2.82. The molecule has 6 heteroatoms. The highest BCUT2D eigenvalue weighted by Crippen LogP contribution is 2.21. The zero-order chi connectivity index (χ0) is 16.1. The zero-order valence-electron chi connectivity index (χ0n) is 12.8. The third-order valence-corrected chi connectivity index (χ3v) is 3.07. The highest BCUT2D eigenvalue weighted by atomic mass is 35.5. The van der Waals surface area contributed by atoms with E-state index >= 15 is 0 Å². The van der Waals surface area contributed by atoms with E-state index in [4.69, 9.17) is 21.1 Å². The molecule has 0 aliphatic carbocycles.